The molecule has 3 rings (SSSR count). The number of aromatic nitrogens is 3. The zero-order valence-corrected chi connectivity index (χ0v) is 16.6. The number of alkyl halides is 3. The molecule has 0 saturated heterocycles. The van der Waals surface area contributed by atoms with Crippen LogP contribution in [0.4, 0.5) is 13.2 Å². The fourth-order valence-corrected chi connectivity index (χ4v) is 3.33. The Labute approximate surface area is 167 Å². The Morgan fingerprint density at radius 1 is 1.17 bits per heavy atom. The van der Waals surface area contributed by atoms with E-state index < -0.39 is 22.8 Å². The minimum absolute atomic E-state index is 0.199. The molecular formula is C20H25F3N4O2. The number of hydrogen-bond donors (Lipinski definition) is 1. The van der Waals surface area contributed by atoms with Gasteiger partial charge in [0.05, 0.1) is 17.8 Å². The van der Waals surface area contributed by atoms with Crippen LogP contribution in [0, 0.1) is 5.41 Å². The second-order valence-corrected chi connectivity index (χ2v) is 8.41. The van der Waals surface area contributed by atoms with E-state index in [1.165, 1.54) is 24.8 Å². The number of halogens is 3. The van der Waals surface area contributed by atoms with Gasteiger partial charge in [-0.2, -0.15) is 18.3 Å². The summed E-state index contributed by atoms with van der Waals surface area (Å²) in [5, 5.41) is 19.6. The van der Waals surface area contributed by atoms with Crippen LogP contribution < -0.4 is 0 Å². The Balaban J connectivity index is 1.62. The van der Waals surface area contributed by atoms with Gasteiger partial charge in [0, 0.05) is 6.42 Å². The molecule has 29 heavy (non-hydrogen) atoms. The summed E-state index contributed by atoms with van der Waals surface area (Å²) in [5.74, 6) is 0. The van der Waals surface area contributed by atoms with Gasteiger partial charge in [-0.25, -0.2) is 9.67 Å². The lowest BCUT2D eigenvalue weighted by atomic mass is 9.72. The third-order valence-corrected chi connectivity index (χ3v) is 5.34. The van der Waals surface area contributed by atoms with E-state index in [-0.39, 0.29) is 12.6 Å². The van der Waals surface area contributed by atoms with Crippen molar-refractivity contribution in [3.05, 3.63) is 48.0 Å². The summed E-state index contributed by atoms with van der Waals surface area (Å²) in [7, 11) is 0. The number of nitrogens with zero attached hydrogens (tertiary/aromatic N) is 4. The molecule has 1 aliphatic heterocycles. The van der Waals surface area contributed by atoms with Gasteiger partial charge < -0.3 is 9.94 Å². The predicted octanol–water partition coefficient (Wildman–Crippen LogP) is 3.85. The van der Waals surface area contributed by atoms with Gasteiger partial charge in [-0.15, -0.1) is 0 Å². The van der Waals surface area contributed by atoms with Gasteiger partial charge in [-0.3, -0.25) is 0 Å². The predicted molar refractivity (Wildman–Crippen MR) is 101 cm³/mol. The first kappa shape index (κ1) is 21.3. The number of oxime groups is 1. The smallest absolute Gasteiger partial charge is 0.392 e. The molecule has 158 valence electrons. The Kier molecular flexibility index (Phi) is 5.71. The molecule has 0 saturated carbocycles. The molecule has 2 heterocycles. The second kappa shape index (κ2) is 7.78. The van der Waals surface area contributed by atoms with Crippen molar-refractivity contribution in [1.29, 1.82) is 0 Å². The lowest BCUT2D eigenvalue weighted by molar-refractivity contribution is -0.137. The van der Waals surface area contributed by atoms with E-state index in [1.807, 2.05) is 20.8 Å². The van der Waals surface area contributed by atoms with Crippen LogP contribution in [-0.4, -0.2) is 37.3 Å². The van der Waals surface area contributed by atoms with Crippen LogP contribution in [0.1, 0.15) is 44.7 Å². The molecule has 0 bridgehead atoms. The molecule has 2 aromatic rings. The maximum absolute atomic E-state index is 12.7. The van der Waals surface area contributed by atoms with Gasteiger partial charge in [0.25, 0.3) is 0 Å². The third kappa shape index (κ3) is 4.77. The Morgan fingerprint density at radius 3 is 2.41 bits per heavy atom. The maximum Gasteiger partial charge on any atom is 0.416 e. The molecule has 0 fully saturated rings. The van der Waals surface area contributed by atoms with Crippen molar-refractivity contribution in [1.82, 2.24) is 14.8 Å². The second-order valence-electron chi connectivity index (χ2n) is 8.41. The van der Waals surface area contributed by atoms with Crippen molar-refractivity contribution in [2.24, 2.45) is 10.6 Å². The van der Waals surface area contributed by atoms with E-state index in [0.29, 0.717) is 25.0 Å². The highest BCUT2D eigenvalue weighted by molar-refractivity contribution is 5.93. The summed E-state index contributed by atoms with van der Waals surface area (Å²) in [4.78, 5) is 9.44. The number of rotatable bonds is 6. The van der Waals surface area contributed by atoms with Gasteiger partial charge in [-0.1, -0.05) is 38.1 Å². The highest BCUT2D eigenvalue weighted by atomic mass is 19.4. The van der Waals surface area contributed by atoms with Crippen LogP contribution in [-0.2, 0) is 24.0 Å². The van der Waals surface area contributed by atoms with Crippen LogP contribution in [0.3, 0.4) is 0 Å². The monoisotopic (exact) mass is 410 g/mol. The highest BCUT2D eigenvalue weighted by Crippen LogP contribution is 2.37. The average molecular weight is 410 g/mol. The Morgan fingerprint density at radius 2 is 1.86 bits per heavy atom. The summed E-state index contributed by atoms with van der Waals surface area (Å²) >= 11 is 0. The topological polar surface area (TPSA) is 72.5 Å². The lowest BCUT2D eigenvalue weighted by Gasteiger charge is -2.39. The van der Waals surface area contributed by atoms with E-state index in [2.05, 4.69) is 15.2 Å². The van der Waals surface area contributed by atoms with Crippen molar-refractivity contribution in [3.63, 3.8) is 0 Å². The van der Waals surface area contributed by atoms with Crippen molar-refractivity contribution in [2.75, 3.05) is 0 Å². The molecule has 0 amide bonds. The van der Waals surface area contributed by atoms with Crippen LogP contribution >= 0.6 is 0 Å². The average Bonchev–Trinajstić information content (AvgIpc) is 3.30. The minimum atomic E-state index is -4.34. The van der Waals surface area contributed by atoms with Crippen molar-refractivity contribution in [2.45, 2.75) is 64.5 Å². The molecule has 0 aliphatic carbocycles. The van der Waals surface area contributed by atoms with Crippen LogP contribution in [0.5, 0.6) is 0 Å². The van der Waals surface area contributed by atoms with E-state index in [4.69, 9.17) is 4.84 Å². The van der Waals surface area contributed by atoms with Gasteiger partial charge in [-0.05, 0) is 36.0 Å². The van der Waals surface area contributed by atoms with Gasteiger partial charge in [0.15, 0.2) is 0 Å². The largest absolute Gasteiger partial charge is 0.416 e. The Hall–Kier alpha value is -2.42. The van der Waals surface area contributed by atoms with E-state index >= 15 is 0 Å². The van der Waals surface area contributed by atoms with Gasteiger partial charge >= 0.3 is 6.18 Å². The van der Waals surface area contributed by atoms with Crippen molar-refractivity contribution < 1.29 is 23.1 Å². The van der Waals surface area contributed by atoms with E-state index in [9.17, 15) is 18.3 Å². The quantitative estimate of drug-likeness (QED) is 0.785. The molecule has 9 heteroatoms. The molecule has 6 nitrogen and oxygen atoms in total. The zero-order chi connectivity index (χ0) is 21.3. The highest BCUT2D eigenvalue weighted by Gasteiger charge is 2.48. The normalized spacial score (nSPS) is 19.6. The molecule has 1 aromatic carbocycles. The van der Waals surface area contributed by atoms with Crippen molar-refractivity contribution >= 4 is 5.71 Å². The van der Waals surface area contributed by atoms with Crippen LogP contribution in [0.25, 0.3) is 0 Å². The van der Waals surface area contributed by atoms with E-state index in [0.717, 1.165) is 17.7 Å². The number of benzene rings is 1. The molecule has 1 aliphatic rings. The lowest BCUT2D eigenvalue weighted by Crippen LogP contribution is -2.53. The van der Waals surface area contributed by atoms with Gasteiger partial charge in [0.2, 0.25) is 0 Å². The standard InChI is InChI=1S/C20H25F3N4O2/c1-18(2,3)19(28,11-27-13-24-12-25-27)17-10-16(29-26-17)9-6-14-4-7-15(8-5-14)20(21,22)23/h4-5,7-8,12-13,16,28H,6,9-11H2,1-3H3. The molecule has 2 atom stereocenters. The Bertz CT molecular complexity index is 842. The summed E-state index contributed by atoms with van der Waals surface area (Å²) in [5.41, 5.74) is -1.12. The minimum Gasteiger partial charge on any atom is -0.392 e. The first-order chi connectivity index (χ1) is 13.5. The summed E-state index contributed by atoms with van der Waals surface area (Å²) in [6.45, 7) is 5.95. The molecular weight excluding hydrogens is 385 g/mol. The number of aliphatic hydroxyl groups is 1. The summed E-state index contributed by atoms with van der Waals surface area (Å²) in [6, 6.07) is 5.14. The first-order valence-corrected chi connectivity index (χ1v) is 9.43. The molecule has 0 spiro atoms. The SMILES string of the molecule is CC(C)(C)C(O)(Cn1cncn1)C1=NOC(CCc2ccc(C(F)(F)F)cc2)C1. The molecule has 2 unspecified atom stereocenters. The van der Waals surface area contributed by atoms with E-state index in [1.54, 1.807) is 4.68 Å². The van der Waals surface area contributed by atoms with Crippen LogP contribution in [0.2, 0.25) is 0 Å². The molecule has 1 N–H and O–H groups in total. The summed E-state index contributed by atoms with van der Waals surface area (Å²) < 4.78 is 39.6. The molecule has 0 radical (unpaired) electrons. The fourth-order valence-electron chi connectivity index (χ4n) is 3.33. The number of aryl methyl sites for hydroxylation is 1. The van der Waals surface area contributed by atoms with Crippen molar-refractivity contribution in [3.8, 4) is 0 Å². The summed E-state index contributed by atoms with van der Waals surface area (Å²) in [6.07, 6.45) is -0.0415. The molecule has 1 aromatic heterocycles. The zero-order valence-electron chi connectivity index (χ0n) is 16.6. The van der Waals surface area contributed by atoms with Crippen LogP contribution in [0.15, 0.2) is 42.1 Å². The fraction of sp³-hybridized carbons (Fsp3) is 0.550. The maximum atomic E-state index is 12.7. The van der Waals surface area contributed by atoms with Gasteiger partial charge in [0.1, 0.15) is 24.4 Å². The first-order valence-electron chi connectivity index (χ1n) is 9.43. The third-order valence-electron chi connectivity index (χ3n) is 5.34. The number of hydrogen-bond acceptors (Lipinski definition) is 5.